The van der Waals surface area contributed by atoms with Crippen LogP contribution in [0.2, 0.25) is 0 Å². The Labute approximate surface area is 149 Å². The molecular formula is C21H26N2O2. The predicted octanol–water partition coefficient (Wildman–Crippen LogP) is 3.94. The lowest BCUT2D eigenvalue weighted by Crippen LogP contribution is -2.44. The second kappa shape index (κ2) is 6.96. The standard InChI is InChI=1S/C21H26N2O2/c1-24-20-9-5-6-17(14-20)22-18-15-21(25-16-18)10-12-23(13-11-21)19-7-3-2-4-8-19/h2-9,14,18,22H,10-13,15-16H2,1H3/t18-/m1/s1. The van der Waals surface area contributed by atoms with Crippen LogP contribution in [0.4, 0.5) is 11.4 Å². The van der Waals surface area contributed by atoms with Gasteiger partial charge < -0.3 is 19.7 Å². The third-order valence-electron chi connectivity index (χ3n) is 5.45. The van der Waals surface area contributed by atoms with Gasteiger partial charge in [0.2, 0.25) is 0 Å². The number of benzene rings is 2. The number of nitrogens with zero attached hydrogens (tertiary/aromatic N) is 1. The quantitative estimate of drug-likeness (QED) is 0.916. The minimum atomic E-state index is 0.0435. The van der Waals surface area contributed by atoms with Crippen LogP contribution in [0, 0.1) is 0 Å². The molecule has 2 aromatic carbocycles. The molecule has 0 unspecified atom stereocenters. The van der Waals surface area contributed by atoms with Gasteiger partial charge in [-0.2, -0.15) is 0 Å². The Hall–Kier alpha value is -2.20. The zero-order valence-corrected chi connectivity index (χ0v) is 14.8. The van der Waals surface area contributed by atoms with Crippen molar-refractivity contribution in [2.45, 2.75) is 30.9 Å². The van der Waals surface area contributed by atoms with Gasteiger partial charge in [0.25, 0.3) is 0 Å². The predicted molar refractivity (Wildman–Crippen MR) is 102 cm³/mol. The molecule has 0 aromatic heterocycles. The highest BCUT2D eigenvalue weighted by molar-refractivity contribution is 5.49. The van der Waals surface area contributed by atoms with Gasteiger partial charge in [0.1, 0.15) is 5.75 Å². The average molecular weight is 338 g/mol. The van der Waals surface area contributed by atoms with Gasteiger partial charge in [0.15, 0.2) is 0 Å². The van der Waals surface area contributed by atoms with Crippen LogP contribution < -0.4 is 15.0 Å². The number of rotatable bonds is 4. The maximum Gasteiger partial charge on any atom is 0.120 e. The summed E-state index contributed by atoms with van der Waals surface area (Å²) in [5.41, 5.74) is 2.47. The molecule has 0 radical (unpaired) electrons. The smallest absolute Gasteiger partial charge is 0.120 e. The number of methoxy groups -OCH3 is 1. The Morgan fingerprint density at radius 3 is 2.64 bits per heavy atom. The molecule has 132 valence electrons. The first-order valence-corrected chi connectivity index (χ1v) is 9.11. The third kappa shape index (κ3) is 3.59. The first-order chi connectivity index (χ1) is 12.3. The highest BCUT2D eigenvalue weighted by Crippen LogP contribution is 2.38. The monoisotopic (exact) mass is 338 g/mol. The molecule has 0 saturated carbocycles. The van der Waals surface area contributed by atoms with E-state index in [1.54, 1.807) is 7.11 Å². The maximum atomic E-state index is 6.29. The highest BCUT2D eigenvalue weighted by Gasteiger charge is 2.42. The summed E-state index contributed by atoms with van der Waals surface area (Å²) in [6, 6.07) is 19.2. The molecule has 4 nitrogen and oxygen atoms in total. The van der Waals surface area contributed by atoms with Crippen molar-refractivity contribution < 1.29 is 9.47 Å². The van der Waals surface area contributed by atoms with E-state index in [9.17, 15) is 0 Å². The van der Waals surface area contributed by atoms with Crippen LogP contribution in [0.5, 0.6) is 5.75 Å². The highest BCUT2D eigenvalue weighted by atomic mass is 16.5. The molecule has 2 aliphatic heterocycles. The summed E-state index contributed by atoms with van der Waals surface area (Å²) in [5.74, 6) is 0.884. The van der Waals surface area contributed by atoms with Gasteiger partial charge in [0.05, 0.1) is 25.4 Å². The lowest BCUT2D eigenvalue weighted by Gasteiger charge is -2.39. The molecule has 2 aliphatic rings. The third-order valence-corrected chi connectivity index (χ3v) is 5.45. The van der Waals surface area contributed by atoms with Crippen molar-refractivity contribution in [3.63, 3.8) is 0 Å². The van der Waals surface area contributed by atoms with Crippen LogP contribution in [0.3, 0.4) is 0 Å². The van der Waals surface area contributed by atoms with Crippen molar-refractivity contribution >= 4 is 11.4 Å². The SMILES string of the molecule is COc1cccc(N[C@H]2COC3(CCN(c4ccccc4)CC3)C2)c1. The van der Waals surface area contributed by atoms with Crippen molar-refractivity contribution in [3.05, 3.63) is 54.6 Å². The number of nitrogens with one attached hydrogen (secondary N) is 1. The van der Waals surface area contributed by atoms with Gasteiger partial charge >= 0.3 is 0 Å². The topological polar surface area (TPSA) is 33.7 Å². The summed E-state index contributed by atoms with van der Waals surface area (Å²) in [6.45, 7) is 2.91. The van der Waals surface area contributed by atoms with Crippen molar-refractivity contribution in [1.82, 2.24) is 0 Å². The van der Waals surface area contributed by atoms with Crippen LogP contribution in [0.25, 0.3) is 0 Å². The van der Waals surface area contributed by atoms with Gasteiger partial charge in [-0.15, -0.1) is 0 Å². The van der Waals surface area contributed by atoms with E-state index in [2.05, 4.69) is 46.6 Å². The van der Waals surface area contributed by atoms with Crippen molar-refractivity contribution in [2.24, 2.45) is 0 Å². The molecule has 0 bridgehead atoms. The summed E-state index contributed by atoms with van der Waals surface area (Å²) in [7, 11) is 1.70. The number of hydrogen-bond acceptors (Lipinski definition) is 4. The van der Waals surface area contributed by atoms with Crippen molar-refractivity contribution in [2.75, 3.05) is 37.0 Å². The van der Waals surface area contributed by atoms with Gasteiger partial charge in [-0.1, -0.05) is 24.3 Å². The molecule has 0 aliphatic carbocycles. The van der Waals surface area contributed by atoms with Gasteiger partial charge in [-0.3, -0.25) is 0 Å². The largest absolute Gasteiger partial charge is 0.497 e. The van der Waals surface area contributed by atoms with E-state index >= 15 is 0 Å². The zero-order chi connectivity index (χ0) is 17.1. The average Bonchev–Trinajstić information content (AvgIpc) is 3.05. The van der Waals surface area contributed by atoms with E-state index in [0.29, 0.717) is 6.04 Å². The molecule has 25 heavy (non-hydrogen) atoms. The second-order valence-electron chi connectivity index (χ2n) is 7.09. The van der Waals surface area contributed by atoms with Crippen LogP contribution in [-0.2, 0) is 4.74 Å². The van der Waals surface area contributed by atoms with Gasteiger partial charge in [-0.05, 0) is 43.5 Å². The van der Waals surface area contributed by atoms with E-state index in [-0.39, 0.29) is 5.60 Å². The normalized spacial score (nSPS) is 22.1. The summed E-state index contributed by atoms with van der Waals surface area (Å²) in [4.78, 5) is 2.47. The number of hydrogen-bond donors (Lipinski definition) is 1. The van der Waals surface area contributed by atoms with Crippen LogP contribution in [0.15, 0.2) is 54.6 Å². The van der Waals surface area contributed by atoms with Crippen LogP contribution in [-0.4, -0.2) is 38.4 Å². The molecule has 2 fully saturated rings. The summed E-state index contributed by atoms with van der Waals surface area (Å²) < 4.78 is 11.6. The van der Waals surface area contributed by atoms with E-state index in [4.69, 9.17) is 9.47 Å². The van der Waals surface area contributed by atoms with Crippen molar-refractivity contribution in [3.8, 4) is 5.75 Å². The molecule has 2 saturated heterocycles. The Morgan fingerprint density at radius 1 is 1.08 bits per heavy atom. The fourth-order valence-corrected chi connectivity index (χ4v) is 4.05. The van der Waals surface area contributed by atoms with E-state index in [0.717, 1.165) is 50.4 Å². The van der Waals surface area contributed by atoms with Crippen LogP contribution in [0.1, 0.15) is 19.3 Å². The number of ether oxygens (including phenoxy) is 2. The summed E-state index contributed by atoms with van der Waals surface area (Å²) >= 11 is 0. The molecular weight excluding hydrogens is 312 g/mol. The fourth-order valence-electron chi connectivity index (χ4n) is 4.05. The lowest BCUT2D eigenvalue weighted by atomic mass is 9.87. The molecule has 4 heteroatoms. The molecule has 2 heterocycles. The number of para-hydroxylation sites is 1. The van der Waals surface area contributed by atoms with E-state index < -0.39 is 0 Å². The molecule has 4 rings (SSSR count). The zero-order valence-electron chi connectivity index (χ0n) is 14.8. The number of anilines is 2. The van der Waals surface area contributed by atoms with Gasteiger partial charge in [0, 0.05) is 30.5 Å². The maximum absolute atomic E-state index is 6.29. The van der Waals surface area contributed by atoms with E-state index in [1.807, 2.05) is 18.2 Å². The fraction of sp³-hybridized carbons (Fsp3) is 0.429. The Balaban J connectivity index is 1.34. The van der Waals surface area contributed by atoms with Crippen molar-refractivity contribution in [1.29, 1.82) is 0 Å². The number of piperidine rings is 1. The molecule has 1 spiro atoms. The Morgan fingerprint density at radius 2 is 1.88 bits per heavy atom. The first kappa shape index (κ1) is 16.3. The first-order valence-electron chi connectivity index (χ1n) is 9.11. The van der Waals surface area contributed by atoms with Gasteiger partial charge in [-0.25, -0.2) is 0 Å². The molecule has 0 amide bonds. The minimum Gasteiger partial charge on any atom is -0.497 e. The summed E-state index contributed by atoms with van der Waals surface area (Å²) in [6.07, 6.45) is 3.27. The molecule has 1 N–H and O–H groups in total. The minimum absolute atomic E-state index is 0.0435. The summed E-state index contributed by atoms with van der Waals surface area (Å²) in [5, 5.41) is 3.61. The Kier molecular flexibility index (Phi) is 4.53. The second-order valence-corrected chi connectivity index (χ2v) is 7.09. The van der Waals surface area contributed by atoms with E-state index in [1.165, 1.54) is 5.69 Å². The molecule has 1 atom stereocenters. The lowest BCUT2D eigenvalue weighted by molar-refractivity contribution is -0.0147. The van der Waals surface area contributed by atoms with Crippen LogP contribution >= 0.6 is 0 Å². The molecule has 2 aromatic rings. The Bertz CT molecular complexity index is 696.